The van der Waals surface area contributed by atoms with Crippen molar-refractivity contribution in [1.82, 2.24) is 0 Å². The number of hydrogen-bond acceptors (Lipinski definition) is 2. The van der Waals surface area contributed by atoms with Gasteiger partial charge in [-0.2, -0.15) is 0 Å². The van der Waals surface area contributed by atoms with E-state index in [2.05, 4.69) is 0 Å². The molecule has 0 aromatic carbocycles. The summed E-state index contributed by atoms with van der Waals surface area (Å²) in [6, 6.07) is 0. The van der Waals surface area contributed by atoms with E-state index in [1.165, 1.54) is 12.5 Å². The number of ether oxygens (including phenoxy) is 1. The lowest BCUT2D eigenvalue weighted by molar-refractivity contribution is -0.104. The Labute approximate surface area is 60.9 Å². The quantitative estimate of drug-likeness (QED) is 0.427. The van der Waals surface area contributed by atoms with Gasteiger partial charge in [0.1, 0.15) is 6.29 Å². The summed E-state index contributed by atoms with van der Waals surface area (Å²) in [7, 11) is 0. The fourth-order valence-electron chi connectivity index (χ4n) is 1.09. The standard InChI is InChI=1S/C8H12O2/c9-6-3-5-8-4-1-2-7-10-8/h3,5-6,8H,1-2,4,7H2. The zero-order chi connectivity index (χ0) is 7.23. The highest BCUT2D eigenvalue weighted by Crippen LogP contribution is 2.12. The monoisotopic (exact) mass is 140 g/mol. The maximum absolute atomic E-state index is 9.91. The van der Waals surface area contributed by atoms with Gasteiger partial charge in [0.2, 0.25) is 0 Å². The van der Waals surface area contributed by atoms with E-state index in [4.69, 9.17) is 4.74 Å². The third-order valence-corrected chi connectivity index (χ3v) is 1.62. The minimum absolute atomic E-state index is 0.193. The van der Waals surface area contributed by atoms with Crippen molar-refractivity contribution in [2.45, 2.75) is 25.4 Å². The molecule has 0 spiro atoms. The van der Waals surface area contributed by atoms with Gasteiger partial charge in [0.15, 0.2) is 0 Å². The number of hydrogen-bond donors (Lipinski definition) is 0. The third kappa shape index (κ3) is 2.31. The van der Waals surface area contributed by atoms with Crippen LogP contribution < -0.4 is 0 Å². The highest BCUT2D eigenvalue weighted by atomic mass is 16.5. The zero-order valence-electron chi connectivity index (χ0n) is 5.95. The summed E-state index contributed by atoms with van der Waals surface area (Å²) in [5, 5.41) is 0. The lowest BCUT2D eigenvalue weighted by Gasteiger charge is -2.18. The van der Waals surface area contributed by atoms with Gasteiger partial charge in [0.05, 0.1) is 6.10 Å². The fraction of sp³-hybridized carbons (Fsp3) is 0.625. The van der Waals surface area contributed by atoms with Crippen molar-refractivity contribution in [3.05, 3.63) is 12.2 Å². The van der Waals surface area contributed by atoms with Gasteiger partial charge in [-0.05, 0) is 25.3 Å². The van der Waals surface area contributed by atoms with E-state index in [1.54, 1.807) is 0 Å². The molecular formula is C8H12O2. The van der Waals surface area contributed by atoms with E-state index in [0.717, 1.165) is 25.7 Å². The highest BCUT2D eigenvalue weighted by molar-refractivity contribution is 5.64. The first-order valence-electron chi connectivity index (χ1n) is 3.67. The van der Waals surface area contributed by atoms with Crippen molar-refractivity contribution in [1.29, 1.82) is 0 Å². The topological polar surface area (TPSA) is 26.3 Å². The summed E-state index contributed by atoms with van der Waals surface area (Å²) in [5.41, 5.74) is 0. The summed E-state index contributed by atoms with van der Waals surface area (Å²) in [4.78, 5) is 9.91. The van der Waals surface area contributed by atoms with Gasteiger partial charge in [0, 0.05) is 6.61 Å². The molecule has 0 N–H and O–H groups in total. The molecule has 1 aliphatic rings. The molecule has 10 heavy (non-hydrogen) atoms. The Morgan fingerprint density at radius 2 is 2.30 bits per heavy atom. The highest BCUT2D eigenvalue weighted by Gasteiger charge is 2.08. The predicted molar refractivity (Wildman–Crippen MR) is 38.8 cm³/mol. The van der Waals surface area contributed by atoms with Crippen LogP contribution in [-0.4, -0.2) is 19.0 Å². The Bertz CT molecular complexity index is 123. The van der Waals surface area contributed by atoms with E-state index in [9.17, 15) is 4.79 Å². The van der Waals surface area contributed by atoms with E-state index in [-0.39, 0.29) is 6.10 Å². The number of allylic oxidation sites excluding steroid dienone is 1. The third-order valence-electron chi connectivity index (χ3n) is 1.62. The van der Waals surface area contributed by atoms with E-state index >= 15 is 0 Å². The van der Waals surface area contributed by atoms with Gasteiger partial charge >= 0.3 is 0 Å². The first-order valence-corrected chi connectivity index (χ1v) is 3.67. The molecule has 56 valence electrons. The zero-order valence-corrected chi connectivity index (χ0v) is 5.95. The van der Waals surface area contributed by atoms with Crippen LogP contribution in [0.15, 0.2) is 12.2 Å². The summed E-state index contributed by atoms with van der Waals surface area (Å²) in [6.45, 7) is 0.841. The molecule has 0 saturated carbocycles. The minimum atomic E-state index is 0.193. The van der Waals surface area contributed by atoms with Gasteiger partial charge in [-0.15, -0.1) is 0 Å². The molecule has 1 heterocycles. The molecule has 0 aromatic heterocycles. The van der Waals surface area contributed by atoms with Crippen LogP contribution in [0.2, 0.25) is 0 Å². The van der Waals surface area contributed by atoms with Crippen LogP contribution in [-0.2, 0) is 9.53 Å². The smallest absolute Gasteiger partial charge is 0.142 e. The Hall–Kier alpha value is -0.630. The molecule has 0 radical (unpaired) electrons. The molecule has 1 saturated heterocycles. The van der Waals surface area contributed by atoms with Crippen molar-refractivity contribution < 1.29 is 9.53 Å². The Balaban J connectivity index is 2.25. The number of carbonyl (C=O) groups is 1. The molecule has 0 amide bonds. The number of aldehydes is 1. The van der Waals surface area contributed by atoms with Crippen LogP contribution in [0.25, 0.3) is 0 Å². The molecular weight excluding hydrogens is 128 g/mol. The fourth-order valence-corrected chi connectivity index (χ4v) is 1.09. The van der Waals surface area contributed by atoms with Crippen LogP contribution in [0.3, 0.4) is 0 Å². The molecule has 1 atom stereocenters. The second kappa shape index (κ2) is 4.23. The largest absolute Gasteiger partial charge is 0.374 e. The number of rotatable bonds is 2. The van der Waals surface area contributed by atoms with Crippen molar-refractivity contribution in [2.24, 2.45) is 0 Å². The molecule has 0 bridgehead atoms. The Morgan fingerprint density at radius 1 is 1.40 bits per heavy atom. The Kier molecular flexibility index (Phi) is 3.16. The molecule has 0 aliphatic carbocycles. The van der Waals surface area contributed by atoms with Crippen molar-refractivity contribution in [3.63, 3.8) is 0 Å². The summed E-state index contributed by atoms with van der Waals surface area (Å²) in [5.74, 6) is 0. The average Bonchev–Trinajstić information content (AvgIpc) is 2.03. The van der Waals surface area contributed by atoms with E-state index < -0.39 is 0 Å². The Morgan fingerprint density at radius 3 is 2.90 bits per heavy atom. The second-order valence-electron chi connectivity index (χ2n) is 2.43. The van der Waals surface area contributed by atoms with Gasteiger partial charge in [-0.1, -0.05) is 6.08 Å². The maximum atomic E-state index is 9.91. The second-order valence-corrected chi connectivity index (χ2v) is 2.43. The average molecular weight is 140 g/mol. The molecule has 0 aromatic rings. The van der Waals surface area contributed by atoms with Crippen molar-refractivity contribution >= 4 is 6.29 Å². The normalized spacial score (nSPS) is 27.0. The predicted octanol–water partition coefficient (Wildman–Crippen LogP) is 1.31. The lowest BCUT2D eigenvalue weighted by Crippen LogP contribution is -2.16. The summed E-state index contributed by atoms with van der Waals surface area (Å²) >= 11 is 0. The van der Waals surface area contributed by atoms with Crippen LogP contribution in [0.4, 0.5) is 0 Å². The van der Waals surface area contributed by atoms with E-state index in [1.807, 2.05) is 6.08 Å². The number of carbonyl (C=O) groups excluding carboxylic acids is 1. The van der Waals surface area contributed by atoms with Crippen LogP contribution >= 0.6 is 0 Å². The summed E-state index contributed by atoms with van der Waals surface area (Å²) in [6.07, 6.45) is 7.75. The van der Waals surface area contributed by atoms with Crippen LogP contribution in [0, 0.1) is 0 Å². The molecule has 1 unspecified atom stereocenters. The van der Waals surface area contributed by atoms with Crippen molar-refractivity contribution in [3.8, 4) is 0 Å². The first-order chi connectivity index (χ1) is 4.93. The van der Waals surface area contributed by atoms with Crippen molar-refractivity contribution in [2.75, 3.05) is 6.61 Å². The van der Waals surface area contributed by atoms with E-state index in [0.29, 0.717) is 0 Å². The molecule has 1 fully saturated rings. The van der Waals surface area contributed by atoms with Gasteiger partial charge in [0.25, 0.3) is 0 Å². The van der Waals surface area contributed by atoms with Gasteiger partial charge in [-0.25, -0.2) is 0 Å². The van der Waals surface area contributed by atoms with Crippen LogP contribution in [0.5, 0.6) is 0 Å². The van der Waals surface area contributed by atoms with Gasteiger partial charge in [-0.3, -0.25) is 4.79 Å². The molecule has 2 heteroatoms. The SMILES string of the molecule is O=CC=CC1CCCCO1. The van der Waals surface area contributed by atoms with Gasteiger partial charge < -0.3 is 4.74 Å². The minimum Gasteiger partial charge on any atom is -0.374 e. The summed E-state index contributed by atoms with van der Waals surface area (Å²) < 4.78 is 5.33. The first kappa shape index (κ1) is 7.48. The molecule has 1 aliphatic heterocycles. The maximum Gasteiger partial charge on any atom is 0.142 e. The lowest BCUT2D eigenvalue weighted by atomic mass is 10.1. The molecule has 2 nitrogen and oxygen atoms in total. The van der Waals surface area contributed by atoms with Crippen LogP contribution in [0.1, 0.15) is 19.3 Å². The molecule has 1 rings (SSSR count).